The monoisotopic (exact) mass is 329 g/mol. The van der Waals surface area contributed by atoms with Crippen LogP contribution in [0.15, 0.2) is 57.2 Å². The molecule has 118 valence electrons. The maximum atomic E-state index is 12.2. The van der Waals surface area contributed by atoms with Crippen LogP contribution in [0, 0.1) is 0 Å². The first-order valence-corrected chi connectivity index (χ1v) is 7.98. The summed E-state index contributed by atoms with van der Waals surface area (Å²) in [6.07, 6.45) is 0. The number of rotatable bonds is 5. The van der Waals surface area contributed by atoms with Crippen molar-refractivity contribution >= 4 is 17.2 Å². The number of nitrogens with zero attached hydrogens (tertiary/aromatic N) is 2. The van der Waals surface area contributed by atoms with Crippen LogP contribution in [0.4, 0.5) is 0 Å². The van der Waals surface area contributed by atoms with Gasteiger partial charge in [0.05, 0.1) is 10.9 Å². The molecule has 1 amide bonds. The average Bonchev–Trinajstić information content (AvgIpc) is 3.19. The topological polar surface area (TPSA) is 77.1 Å². The average molecular weight is 329 g/mol. The lowest BCUT2D eigenvalue weighted by Gasteiger charge is -2.14. The van der Waals surface area contributed by atoms with E-state index in [0.29, 0.717) is 5.82 Å². The number of carbonyl (C=O) groups is 1. The van der Waals surface area contributed by atoms with E-state index in [2.05, 4.69) is 10.5 Å². The Morgan fingerprint density at radius 1 is 1.30 bits per heavy atom. The summed E-state index contributed by atoms with van der Waals surface area (Å²) in [5.74, 6) is -0.548. The first kappa shape index (κ1) is 15.2. The molecule has 0 aliphatic carbocycles. The van der Waals surface area contributed by atoms with E-state index in [0.717, 1.165) is 10.4 Å². The molecule has 6 nitrogen and oxygen atoms in total. The van der Waals surface area contributed by atoms with E-state index in [4.69, 9.17) is 4.52 Å². The summed E-state index contributed by atoms with van der Waals surface area (Å²) in [4.78, 5) is 24.8. The summed E-state index contributed by atoms with van der Waals surface area (Å²) in [6, 6.07) is 13.1. The summed E-state index contributed by atoms with van der Waals surface area (Å²) in [7, 11) is 0. The molecule has 0 aliphatic heterocycles. The van der Waals surface area contributed by atoms with Crippen LogP contribution >= 0.6 is 11.3 Å². The second-order valence-corrected chi connectivity index (χ2v) is 5.98. The Labute approximate surface area is 136 Å². The Morgan fingerprint density at radius 2 is 2.09 bits per heavy atom. The molecule has 1 aromatic carbocycles. The van der Waals surface area contributed by atoms with Crippen LogP contribution in [0.1, 0.15) is 18.5 Å². The van der Waals surface area contributed by atoms with E-state index < -0.39 is 5.76 Å². The number of thiophene rings is 1. The van der Waals surface area contributed by atoms with Gasteiger partial charge >= 0.3 is 5.76 Å². The molecular weight excluding hydrogens is 314 g/mol. The third kappa shape index (κ3) is 3.40. The third-order valence-corrected chi connectivity index (χ3v) is 4.27. The number of hydrogen-bond acceptors (Lipinski definition) is 5. The van der Waals surface area contributed by atoms with Gasteiger partial charge in [0, 0.05) is 0 Å². The fourth-order valence-electron chi connectivity index (χ4n) is 2.25. The highest BCUT2D eigenvalue weighted by atomic mass is 32.1. The van der Waals surface area contributed by atoms with Crippen LogP contribution < -0.4 is 11.1 Å². The number of carbonyl (C=O) groups excluding carboxylic acids is 1. The number of amides is 1. The van der Waals surface area contributed by atoms with Crippen molar-refractivity contribution in [3.63, 3.8) is 0 Å². The SMILES string of the molecule is CC(NC(=O)Cn1c(-c2cccs2)noc1=O)c1ccccc1. The summed E-state index contributed by atoms with van der Waals surface area (Å²) >= 11 is 1.43. The highest BCUT2D eigenvalue weighted by molar-refractivity contribution is 7.13. The van der Waals surface area contributed by atoms with Crippen molar-refractivity contribution in [3.05, 3.63) is 64.0 Å². The van der Waals surface area contributed by atoms with Crippen LogP contribution in [-0.2, 0) is 11.3 Å². The predicted octanol–water partition coefficient (Wildman–Crippen LogP) is 2.44. The Morgan fingerprint density at radius 3 is 2.78 bits per heavy atom. The minimum Gasteiger partial charge on any atom is -0.348 e. The van der Waals surface area contributed by atoms with Crippen molar-refractivity contribution in [3.8, 4) is 10.7 Å². The molecule has 2 aromatic heterocycles. The van der Waals surface area contributed by atoms with Gasteiger partial charge in [-0.1, -0.05) is 41.6 Å². The lowest BCUT2D eigenvalue weighted by molar-refractivity contribution is -0.122. The second-order valence-electron chi connectivity index (χ2n) is 5.04. The molecule has 3 rings (SSSR count). The zero-order chi connectivity index (χ0) is 16.2. The lowest BCUT2D eigenvalue weighted by Crippen LogP contribution is -2.32. The molecule has 23 heavy (non-hydrogen) atoms. The first-order valence-electron chi connectivity index (χ1n) is 7.10. The van der Waals surface area contributed by atoms with Crippen LogP contribution in [0.5, 0.6) is 0 Å². The predicted molar refractivity (Wildman–Crippen MR) is 87.1 cm³/mol. The normalized spacial score (nSPS) is 12.0. The number of hydrogen-bond donors (Lipinski definition) is 1. The molecule has 0 bridgehead atoms. The summed E-state index contributed by atoms with van der Waals surface area (Å²) in [5, 5.41) is 8.50. The zero-order valence-corrected chi connectivity index (χ0v) is 13.2. The van der Waals surface area contributed by atoms with Gasteiger partial charge in [-0.2, -0.15) is 0 Å². The number of benzene rings is 1. The van der Waals surface area contributed by atoms with Crippen LogP contribution in [0.25, 0.3) is 10.7 Å². The molecule has 0 fully saturated rings. The molecule has 0 aliphatic rings. The molecule has 1 N–H and O–H groups in total. The molecule has 0 spiro atoms. The van der Waals surface area contributed by atoms with Crippen molar-refractivity contribution in [1.29, 1.82) is 0 Å². The van der Waals surface area contributed by atoms with Crippen molar-refractivity contribution in [2.45, 2.75) is 19.5 Å². The van der Waals surface area contributed by atoms with Gasteiger partial charge in [0.25, 0.3) is 0 Å². The molecule has 0 radical (unpaired) electrons. The van der Waals surface area contributed by atoms with Crippen LogP contribution in [0.3, 0.4) is 0 Å². The number of aromatic nitrogens is 2. The molecule has 7 heteroatoms. The third-order valence-electron chi connectivity index (χ3n) is 3.41. The molecule has 1 unspecified atom stereocenters. The Hall–Kier alpha value is -2.67. The molecule has 1 atom stereocenters. The van der Waals surface area contributed by atoms with E-state index in [1.165, 1.54) is 15.9 Å². The standard InChI is InChI=1S/C16H15N3O3S/c1-11(12-6-3-2-4-7-12)17-14(20)10-19-15(18-22-16(19)21)13-8-5-9-23-13/h2-9,11H,10H2,1H3,(H,17,20). The molecular formula is C16H15N3O3S. The van der Waals surface area contributed by atoms with Gasteiger partial charge in [-0.05, 0) is 23.9 Å². The Kier molecular flexibility index (Phi) is 4.38. The van der Waals surface area contributed by atoms with Crippen molar-refractivity contribution in [2.24, 2.45) is 0 Å². The van der Waals surface area contributed by atoms with Crippen LogP contribution in [-0.4, -0.2) is 15.6 Å². The van der Waals surface area contributed by atoms with Gasteiger partial charge in [0.2, 0.25) is 5.91 Å². The van der Waals surface area contributed by atoms with Gasteiger partial charge in [0.15, 0.2) is 5.82 Å². The molecule has 3 aromatic rings. The smallest absolute Gasteiger partial charge is 0.348 e. The van der Waals surface area contributed by atoms with E-state index in [1.54, 1.807) is 0 Å². The van der Waals surface area contributed by atoms with Crippen LogP contribution in [0.2, 0.25) is 0 Å². The maximum absolute atomic E-state index is 12.2. The van der Waals surface area contributed by atoms with E-state index >= 15 is 0 Å². The minimum atomic E-state index is -0.643. The van der Waals surface area contributed by atoms with Crippen molar-refractivity contribution in [2.75, 3.05) is 0 Å². The van der Waals surface area contributed by atoms with E-state index in [1.807, 2.05) is 54.8 Å². The lowest BCUT2D eigenvalue weighted by atomic mass is 10.1. The largest absolute Gasteiger partial charge is 0.442 e. The number of nitrogens with one attached hydrogen (secondary N) is 1. The highest BCUT2D eigenvalue weighted by Gasteiger charge is 2.17. The maximum Gasteiger partial charge on any atom is 0.442 e. The molecule has 0 saturated carbocycles. The first-order chi connectivity index (χ1) is 11.1. The van der Waals surface area contributed by atoms with Gasteiger partial charge in [-0.15, -0.1) is 11.3 Å². The Balaban J connectivity index is 1.74. The summed E-state index contributed by atoms with van der Waals surface area (Å²) in [5.41, 5.74) is 0.997. The zero-order valence-electron chi connectivity index (χ0n) is 12.4. The highest BCUT2D eigenvalue weighted by Crippen LogP contribution is 2.21. The fourth-order valence-corrected chi connectivity index (χ4v) is 2.96. The minimum absolute atomic E-state index is 0.132. The Bertz CT molecular complexity index is 837. The van der Waals surface area contributed by atoms with Gasteiger partial charge in [-0.3, -0.25) is 9.32 Å². The summed E-state index contributed by atoms with van der Waals surface area (Å²) in [6.45, 7) is 1.76. The van der Waals surface area contributed by atoms with Crippen molar-refractivity contribution < 1.29 is 9.32 Å². The van der Waals surface area contributed by atoms with Gasteiger partial charge < -0.3 is 5.32 Å². The fraction of sp³-hybridized carbons (Fsp3) is 0.188. The molecule has 2 heterocycles. The molecule has 0 saturated heterocycles. The van der Waals surface area contributed by atoms with Gasteiger partial charge in [-0.25, -0.2) is 9.36 Å². The van der Waals surface area contributed by atoms with Gasteiger partial charge in [0.1, 0.15) is 6.54 Å². The van der Waals surface area contributed by atoms with Crippen molar-refractivity contribution in [1.82, 2.24) is 15.0 Å². The second kappa shape index (κ2) is 6.62. The van der Waals surface area contributed by atoms with E-state index in [9.17, 15) is 9.59 Å². The summed E-state index contributed by atoms with van der Waals surface area (Å²) < 4.78 is 5.93. The van der Waals surface area contributed by atoms with E-state index in [-0.39, 0.29) is 18.5 Å². The quantitative estimate of drug-likeness (QED) is 0.780.